The molecule has 0 spiro atoms. The number of amides is 1. The molecule has 2 saturated heterocycles. The highest BCUT2D eigenvalue weighted by Crippen LogP contribution is 2.35. The van der Waals surface area contributed by atoms with Gasteiger partial charge >= 0.3 is 6.09 Å². The van der Waals surface area contributed by atoms with Crippen molar-refractivity contribution in [3.05, 3.63) is 108 Å². The Morgan fingerprint density at radius 1 is 0.761 bits per heavy atom. The van der Waals surface area contributed by atoms with Crippen LogP contribution < -0.4 is 14.4 Å². The van der Waals surface area contributed by atoms with E-state index < -0.39 is 5.60 Å². The van der Waals surface area contributed by atoms with Crippen molar-refractivity contribution < 1.29 is 19.0 Å². The SMILES string of the molecule is CC(C)(C)OC(=O)N1CC(CC2CCN(c3ccc(-c4ccc(OCc5ccccc5)nc4OCc4ccccc4)cc3)CC2)C1. The molecule has 0 radical (unpaired) electrons. The predicted octanol–water partition coefficient (Wildman–Crippen LogP) is 8.38. The second kappa shape index (κ2) is 14.3. The van der Waals surface area contributed by atoms with Crippen LogP contribution in [-0.4, -0.2) is 47.8 Å². The molecule has 0 atom stereocenters. The Bertz CT molecular complexity index is 1560. The molecular formula is C39H45N3O4. The number of nitrogens with zero attached hydrogens (tertiary/aromatic N) is 3. The molecule has 3 heterocycles. The first-order valence-electron chi connectivity index (χ1n) is 16.5. The van der Waals surface area contributed by atoms with Gasteiger partial charge in [-0.1, -0.05) is 72.8 Å². The lowest BCUT2D eigenvalue weighted by Gasteiger charge is -2.42. The highest BCUT2D eigenvalue weighted by atomic mass is 16.6. The minimum absolute atomic E-state index is 0.181. The van der Waals surface area contributed by atoms with Crippen molar-refractivity contribution in [2.75, 3.05) is 31.1 Å². The van der Waals surface area contributed by atoms with Gasteiger partial charge in [-0.25, -0.2) is 4.79 Å². The summed E-state index contributed by atoms with van der Waals surface area (Å²) in [4.78, 5) is 21.4. The summed E-state index contributed by atoms with van der Waals surface area (Å²) in [6, 6.07) is 32.9. The molecule has 7 nitrogen and oxygen atoms in total. The maximum absolute atomic E-state index is 12.3. The van der Waals surface area contributed by atoms with Gasteiger partial charge in [-0.3, -0.25) is 0 Å². The molecule has 0 N–H and O–H groups in total. The molecule has 3 aromatic carbocycles. The Morgan fingerprint density at radius 2 is 1.37 bits per heavy atom. The Kier molecular flexibility index (Phi) is 9.76. The highest BCUT2D eigenvalue weighted by Gasteiger charge is 2.35. The van der Waals surface area contributed by atoms with Crippen molar-refractivity contribution in [3.63, 3.8) is 0 Å². The summed E-state index contributed by atoms with van der Waals surface area (Å²) in [5.41, 5.74) is 4.97. The first-order chi connectivity index (χ1) is 22.3. The molecule has 2 aliphatic heterocycles. The molecule has 2 fully saturated rings. The molecule has 46 heavy (non-hydrogen) atoms. The van der Waals surface area contributed by atoms with Crippen LogP contribution in [0.15, 0.2) is 97.1 Å². The fourth-order valence-corrected chi connectivity index (χ4v) is 6.24. The van der Waals surface area contributed by atoms with Crippen LogP contribution in [0.5, 0.6) is 11.8 Å². The average Bonchev–Trinajstić information content (AvgIpc) is 3.05. The molecule has 6 rings (SSSR count). The number of likely N-dealkylation sites (tertiary alicyclic amines) is 1. The van der Waals surface area contributed by atoms with E-state index in [-0.39, 0.29) is 6.09 Å². The molecule has 240 valence electrons. The summed E-state index contributed by atoms with van der Waals surface area (Å²) in [5.74, 6) is 2.39. The van der Waals surface area contributed by atoms with E-state index in [4.69, 9.17) is 19.2 Å². The summed E-state index contributed by atoms with van der Waals surface area (Å²) in [6.45, 7) is 10.4. The van der Waals surface area contributed by atoms with Crippen molar-refractivity contribution in [2.24, 2.45) is 11.8 Å². The third-order valence-corrected chi connectivity index (χ3v) is 8.72. The molecule has 0 saturated carbocycles. The minimum Gasteiger partial charge on any atom is -0.473 e. The van der Waals surface area contributed by atoms with Crippen molar-refractivity contribution >= 4 is 11.8 Å². The summed E-state index contributed by atoms with van der Waals surface area (Å²) in [7, 11) is 0. The molecule has 0 unspecified atom stereocenters. The third-order valence-electron chi connectivity index (χ3n) is 8.72. The van der Waals surface area contributed by atoms with Crippen LogP contribution in [0.1, 0.15) is 51.2 Å². The van der Waals surface area contributed by atoms with Gasteiger partial charge < -0.3 is 24.0 Å². The predicted molar refractivity (Wildman–Crippen MR) is 182 cm³/mol. The lowest BCUT2D eigenvalue weighted by molar-refractivity contribution is -0.00499. The van der Waals surface area contributed by atoms with Crippen molar-refractivity contribution in [1.29, 1.82) is 0 Å². The quantitative estimate of drug-likeness (QED) is 0.178. The Hall–Kier alpha value is -4.52. The number of benzene rings is 3. The largest absolute Gasteiger partial charge is 0.473 e. The summed E-state index contributed by atoms with van der Waals surface area (Å²) >= 11 is 0. The maximum Gasteiger partial charge on any atom is 0.410 e. The van der Waals surface area contributed by atoms with Crippen LogP contribution in [0, 0.1) is 11.8 Å². The van der Waals surface area contributed by atoms with Gasteiger partial charge in [0.05, 0.1) is 0 Å². The number of rotatable bonds is 10. The van der Waals surface area contributed by atoms with Gasteiger partial charge in [0.15, 0.2) is 0 Å². The van der Waals surface area contributed by atoms with E-state index in [1.807, 2.05) is 86.3 Å². The lowest BCUT2D eigenvalue weighted by Crippen LogP contribution is -2.52. The number of hydrogen-bond acceptors (Lipinski definition) is 6. The normalized spacial score (nSPS) is 15.7. The number of anilines is 1. The first kappa shape index (κ1) is 31.5. The van der Waals surface area contributed by atoms with Crippen LogP contribution in [0.4, 0.5) is 10.5 Å². The van der Waals surface area contributed by atoms with Crippen molar-refractivity contribution in [3.8, 4) is 22.9 Å². The summed E-state index contributed by atoms with van der Waals surface area (Å²) in [5, 5.41) is 0. The highest BCUT2D eigenvalue weighted by molar-refractivity contribution is 5.71. The number of hydrogen-bond donors (Lipinski definition) is 0. The zero-order chi connectivity index (χ0) is 31.9. The topological polar surface area (TPSA) is 64.1 Å². The molecule has 2 aliphatic rings. The van der Waals surface area contributed by atoms with Gasteiger partial charge in [0.2, 0.25) is 11.8 Å². The van der Waals surface area contributed by atoms with E-state index in [1.165, 1.54) is 24.9 Å². The van der Waals surface area contributed by atoms with Gasteiger partial charge in [-0.2, -0.15) is 4.98 Å². The Morgan fingerprint density at radius 3 is 1.98 bits per heavy atom. The zero-order valence-electron chi connectivity index (χ0n) is 27.2. The molecule has 4 aromatic rings. The van der Waals surface area contributed by atoms with Gasteiger partial charge in [0.25, 0.3) is 0 Å². The summed E-state index contributed by atoms with van der Waals surface area (Å²) < 4.78 is 17.8. The fraction of sp³-hybridized carbons (Fsp3) is 0.385. The van der Waals surface area contributed by atoms with Crippen LogP contribution in [0.3, 0.4) is 0 Å². The smallest absolute Gasteiger partial charge is 0.410 e. The van der Waals surface area contributed by atoms with E-state index in [0.29, 0.717) is 36.8 Å². The molecule has 7 heteroatoms. The van der Waals surface area contributed by atoms with Gasteiger partial charge in [-0.15, -0.1) is 0 Å². The van der Waals surface area contributed by atoms with E-state index in [1.54, 1.807) is 0 Å². The maximum atomic E-state index is 12.3. The molecule has 1 amide bonds. The van der Waals surface area contributed by atoms with E-state index in [0.717, 1.165) is 48.4 Å². The number of carbonyl (C=O) groups excluding carboxylic acids is 1. The summed E-state index contributed by atoms with van der Waals surface area (Å²) in [6.07, 6.45) is 3.36. The number of pyridine rings is 1. The number of carbonyl (C=O) groups is 1. The van der Waals surface area contributed by atoms with Crippen molar-refractivity contribution in [1.82, 2.24) is 9.88 Å². The second-order valence-electron chi connectivity index (χ2n) is 13.5. The average molecular weight is 620 g/mol. The van der Waals surface area contributed by atoms with Crippen LogP contribution in [-0.2, 0) is 18.0 Å². The van der Waals surface area contributed by atoms with E-state index in [2.05, 4.69) is 41.3 Å². The molecule has 1 aromatic heterocycles. The number of piperidine rings is 1. The van der Waals surface area contributed by atoms with Gasteiger partial charge in [0.1, 0.15) is 18.8 Å². The van der Waals surface area contributed by atoms with Crippen LogP contribution >= 0.6 is 0 Å². The minimum atomic E-state index is -0.440. The molecule has 0 bridgehead atoms. The second-order valence-corrected chi connectivity index (χ2v) is 13.5. The third kappa shape index (κ3) is 8.39. The number of aromatic nitrogens is 1. The molecular weight excluding hydrogens is 574 g/mol. The standard InChI is InChI=1S/C39H45N3O4/c1-39(2,3)46-38(43)42-25-32(26-42)24-29-20-22-41(23-21-29)34-16-14-33(15-17-34)35-18-19-36(44-27-30-10-6-4-7-11-30)40-37(35)45-28-31-12-8-5-9-13-31/h4-19,29,32H,20-28H2,1-3H3. The molecule has 0 aliphatic carbocycles. The van der Waals surface area contributed by atoms with Crippen molar-refractivity contribution in [2.45, 2.75) is 58.8 Å². The lowest BCUT2D eigenvalue weighted by atomic mass is 9.83. The van der Waals surface area contributed by atoms with Gasteiger partial charge in [-0.05, 0) is 86.8 Å². The fourth-order valence-electron chi connectivity index (χ4n) is 6.24. The van der Waals surface area contributed by atoms with Crippen LogP contribution in [0.2, 0.25) is 0 Å². The van der Waals surface area contributed by atoms with Crippen LogP contribution in [0.25, 0.3) is 11.1 Å². The number of ether oxygens (including phenoxy) is 3. The zero-order valence-corrected chi connectivity index (χ0v) is 27.2. The monoisotopic (exact) mass is 619 g/mol. The van der Waals surface area contributed by atoms with E-state index >= 15 is 0 Å². The van der Waals surface area contributed by atoms with E-state index in [9.17, 15) is 4.79 Å². The Labute approximate surface area is 273 Å². The van der Waals surface area contributed by atoms with Gasteiger partial charge in [0, 0.05) is 43.5 Å². The Balaban J connectivity index is 1.05. The first-order valence-corrected chi connectivity index (χ1v) is 16.5.